The van der Waals surface area contributed by atoms with E-state index in [0.717, 1.165) is 30.7 Å². The van der Waals surface area contributed by atoms with Gasteiger partial charge in [0.25, 0.3) is 0 Å². The highest BCUT2D eigenvalue weighted by Gasteiger charge is 2.31. The molecule has 0 unspecified atom stereocenters. The summed E-state index contributed by atoms with van der Waals surface area (Å²) >= 11 is 4.67. The molecule has 4 rings (SSSR count). The van der Waals surface area contributed by atoms with Crippen LogP contribution in [0.4, 0.5) is 11.4 Å². The highest BCUT2D eigenvalue weighted by atomic mass is 127. The molecule has 3 aliphatic rings. The monoisotopic (exact) mass is 636 g/mol. The third kappa shape index (κ3) is 6.16. The first-order chi connectivity index (χ1) is 14.5. The highest BCUT2D eigenvalue weighted by molar-refractivity contribution is 14.1. The molecule has 0 spiro atoms. The number of anilines is 2. The zero-order valence-corrected chi connectivity index (χ0v) is 22.3. The molecule has 0 aliphatic heterocycles. The molecule has 0 atom stereocenters. The molecule has 1 aromatic rings. The molecule has 0 amide bonds. The quantitative estimate of drug-likeness (QED) is 0.241. The molecule has 168 valence electrons. The second-order valence-electron chi connectivity index (χ2n) is 10.00. The second kappa shape index (κ2) is 10.9. The first-order valence-electron chi connectivity index (χ1n) is 12.0. The van der Waals surface area contributed by atoms with E-state index in [-0.39, 0.29) is 0 Å². The normalized spacial score (nSPS) is 35.2. The topological polar surface area (TPSA) is 76.1 Å². The van der Waals surface area contributed by atoms with E-state index < -0.39 is 0 Å². The minimum absolute atomic E-state index is 0.483. The van der Waals surface area contributed by atoms with Crippen LogP contribution in [0.2, 0.25) is 0 Å². The van der Waals surface area contributed by atoms with Crippen LogP contribution in [-0.2, 0) is 0 Å². The molecular weight excluding hydrogens is 598 g/mol. The van der Waals surface area contributed by atoms with E-state index in [1.165, 1.54) is 82.7 Å². The van der Waals surface area contributed by atoms with Crippen molar-refractivity contribution in [1.29, 1.82) is 0 Å². The van der Waals surface area contributed by atoms with Gasteiger partial charge in [0, 0.05) is 37.0 Å². The van der Waals surface area contributed by atoms with Gasteiger partial charge in [0.15, 0.2) is 0 Å². The van der Waals surface area contributed by atoms with Crippen molar-refractivity contribution in [2.75, 3.05) is 11.1 Å². The molecule has 4 nitrogen and oxygen atoms in total. The molecule has 0 radical (unpaired) electrons. The fourth-order valence-corrected chi connectivity index (χ4v) is 7.78. The van der Waals surface area contributed by atoms with Crippen LogP contribution in [0.25, 0.3) is 0 Å². The lowest BCUT2D eigenvalue weighted by molar-refractivity contribution is 0.161. The Labute approximate surface area is 209 Å². The Balaban J connectivity index is 1.17. The van der Waals surface area contributed by atoms with E-state index in [1.54, 1.807) is 0 Å². The molecule has 0 saturated heterocycles. The lowest BCUT2D eigenvalue weighted by atomic mass is 9.71. The number of halogens is 2. The van der Waals surface area contributed by atoms with Crippen molar-refractivity contribution in [2.45, 2.75) is 101 Å². The summed E-state index contributed by atoms with van der Waals surface area (Å²) < 4.78 is 2.29. The summed E-state index contributed by atoms with van der Waals surface area (Å²) in [6, 6.07) is 6.90. The number of rotatable bonds is 5. The summed E-state index contributed by atoms with van der Waals surface area (Å²) in [5.74, 6) is 1.94. The third-order valence-corrected chi connectivity index (χ3v) is 9.69. The van der Waals surface area contributed by atoms with Gasteiger partial charge in [-0.3, -0.25) is 0 Å². The molecule has 1 aromatic carbocycles. The van der Waals surface area contributed by atoms with Gasteiger partial charge in [0.2, 0.25) is 0 Å². The van der Waals surface area contributed by atoms with Gasteiger partial charge in [-0.2, -0.15) is 0 Å². The van der Waals surface area contributed by atoms with Gasteiger partial charge in [0.05, 0.1) is 5.69 Å². The first kappa shape index (κ1) is 23.4. The van der Waals surface area contributed by atoms with Gasteiger partial charge in [-0.1, -0.05) is 0 Å². The predicted octanol–water partition coefficient (Wildman–Crippen LogP) is 5.87. The molecule has 30 heavy (non-hydrogen) atoms. The van der Waals surface area contributed by atoms with E-state index >= 15 is 0 Å². The number of hydrogen-bond donors (Lipinski definition) is 4. The molecule has 6 heteroatoms. The summed E-state index contributed by atoms with van der Waals surface area (Å²) in [4.78, 5) is 0. The van der Waals surface area contributed by atoms with Crippen LogP contribution >= 0.6 is 45.2 Å². The van der Waals surface area contributed by atoms with Crippen molar-refractivity contribution < 1.29 is 0 Å². The van der Waals surface area contributed by atoms with Gasteiger partial charge in [-0.05, 0) is 146 Å². The Hall–Kier alpha value is 0.200. The van der Waals surface area contributed by atoms with Crippen LogP contribution in [0.5, 0.6) is 0 Å². The van der Waals surface area contributed by atoms with Crippen molar-refractivity contribution in [3.05, 3.63) is 19.3 Å². The maximum atomic E-state index is 6.10. The molecule has 3 fully saturated rings. The van der Waals surface area contributed by atoms with E-state index in [2.05, 4.69) is 67.9 Å². The average molecular weight is 636 g/mol. The fraction of sp³-hybridized carbons (Fsp3) is 0.750. The summed E-state index contributed by atoms with van der Waals surface area (Å²) in [5, 5.41) is 7.79. The molecule has 0 bridgehead atoms. The first-order valence-corrected chi connectivity index (χ1v) is 14.2. The predicted molar refractivity (Wildman–Crippen MR) is 145 cm³/mol. The van der Waals surface area contributed by atoms with Gasteiger partial charge >= 0.3 is 0 Å². The Bertz CT molecular complexity index is 665. The Morgan fingerprint density at radius 2 is 1.10 bits per heavy atom. The molecule has 0 aromatic heterocycles. The maximum Gasteiger partial charge on any atom is 0.0586 e. The average Bonchev–Trinajstić information content (AvgIpc) is 2.75. The lowest BCUT2D eigenvalue weighted by Crippen LogP contribution is -2.44. The van der Waals surface area contributed by atoms with Crippen molar-refractivity contribution in [1.82, 2.24) is 5.32 Å². The molecule has 3 aliphatic carbocycles. The molecule has 6 N–H and O–H groups in total. The van der Waals surface area contributed by atoms with E-state index in [0.29, 0.717) is 18.1 Å². The number of benzene rings is 1. The second-order valence-corrected chi connectivity index (χ2v) is 12.3. The van der Waals surface area contributed by atoms with Crippen molar-refractivity contribution >= 4 is 56.6 Å². The van der Waals surface area contributed by atoms with Crippen molar-refractivity contribution in [2.24, 2.45) is 17.6 Å². The Kier molecular flexibility index (Phi) is 8.47. The summed E-state index contributed by atoms with van der Waals surface area (Å²) in [5.41, 5.74) is 14.3. The minimum atomic E-state index is 0.483. The molecular formula is C24H38I2N4. The van der Waals surface area contributed by atoms with Gasteiger partial charge in [-0.15, -0.1) is 0 Å². The van der Waals surface area contributed by atoms with Gasteiger partial charge in [0.1, 0.15) is 0 Å². The van der Waals surface area contributed by atoms with Crippen molar-refractivity contribution in [3.8, 4) is 0 Å². The smallest absolute Gasteiger partial charge is 0.0586 e. The number of nitrogens with two attached hydrogens (primary N) is 2. The van der Waals surface area contributed by atoms with E-state index in [1.807, 2.05) is 0 Å². The van der Waals surface area contributed by atoms with Crippen LogP contribution in [0.15, 0.2) is 12.1 Å². The Morgan fingerprint density at radius 3 is 1.63 bits per heavy atom. The largest absolute Gasteiger partial charge is 0.397 e. The Morgan fingerprint density at radius 1 is 0.667 bits per heavy atom. The zero-order valence-electron chi connectivity index (χ0n) is 18.0. The summed E-state index contributed by atoms with van der Waals surface area (Å²) in [6.45, 7) is 0. The van der Waals surface area contributed by atoms with Crippen LogP contribution < -0.4 is 22.1 Å². The minimum Gasteiger partial charge on any atom is -0.397 e. The van der Waals surface area contributed by atoms with Gasteiger partial charge in [-0.25, -0.2) is 0 Å². The fourth-order valence-electron chi connectivity index (χ4n) is 6.01. The summed E-state index contributed by atoms with van der Waals surface area (Å²) in [6.07, 6.45) is 16.0. The van der Waals surface area contributed by atoms with Crippen molar-refractivity contribution in [3.63, 3.8) is 0 Å². The third-order valence-electron chi connectivity index (χ3n) is 7.90. The molecule has 0 heterocycles. The van der Waals surface area contributed by atoms with Crippen LogP contribution in [0.1, 0.15) is 77.0 Å². The van der Waals surface area contributed by atoms with Crippen LogP contribution in [0, 0.1) is 19.0 Å². The zero-order chi connectivity index (χ0) is 21.1. The molecule has 3 saturated carbocycles. The van der Waals surface area contributed by atoms with E-state index in [9.17, 15) is 0 Å². The lowest BCUT2D eigenvalue weighted by Gasteiger charge is -2.39. The van der Waals surface area contributed by atoms with Crippen LogP contribution in [-0.4, -0.2) is 24.2 Å². The van der Waals surface area contributed by atoms with E-state index in [4.69, 9.17) is 11.5 Å². The van der Waals surface area contributed by atoms with Crippen LogP contribution in [0.3, 0.4) is 0 Å². The highest BCUT2D eigenvalue weighted by Crippen LogP contribution is 2.38. The number of nitrogen functional groups attached to an aromatic ring is 1. The number of nitrogens with one attached hydrogen (secondary N) is 2. The summed E-state index contributed by atoms with van der Waals surface area (Å²) in [7, 11) is 0. The SMILES string of the molecule is Nc1c(I)cc(NC2CCC(NC3CCC(C4CCC(N)CC4)CC3)CC2)cc1I. The standard InChI is InChI=1S/C24H38I2N4/c25-22-13-21(14-23(26)24(22)28)30-20-11-9-19(10-12-20)29-18-7-3-16(4-8-18)15-1-5-17(27)6-2-15/h13-20,29-30H,1-12,27-28H2. The maximum absolute atomic E-state index is 6.10. The number of hydrogen-bond acceptors (Lipinski definition) is 4. The van der Waals surface area contributed by atoms with Gasteiger partial charge < -0.3 is 22.1 Å².